The van der Waals surface area contributed by atoms with E-state index >= 15 is 0 Å². The summed E-state index contributed by atoms with van der Waals surface area (Å²) in [4.78, 5) is 8.12. The maximum absolute atomic E-state index is 13.0. The number of aromatic nitrogens is 4. The molecule has 0 aliphatic rings. The van der Waals surface area contributed by atoms with Crippen molar-refractivity contribution in [2.45, 2.75) is 0 Å². The van der Waals surface area contributed by atoms with E-state index in [1.807, 2.05) is 0 Å². The van der Waals surface area contributed by atoms with E-state index in [-0.39, 0.29) is 10.2 Å². The van der Waals surface area contributed by atoms with Crippen LogP contribution in [0.3, 0.4) is 0 Å². The van der Waals surface area contributed by atoms with Crippen LogP contribution < -0.4 is 0 Å². The fourth-order valence-electron chi connectivity index (χ4n) is 1.62. The lowest BCUT2D eigenvalue weighted by Crippen LogP contribution is -1.95. The van der Waals surface area contributed by atoms with Gasteiger partial charge in [-0.25, -0.2) is 18.9 Å². The number of hydrogen-bond donors (Lipinski definition) is 0. The maximum Gasteiger partial charge on any atom is 0.193 e. The van der Waals surface area contributed by atoms with Crippen LogP contribution in [0.4, 0.5) is 4.39 Å². The third-order valence-corrected chi connectivity index (χ3v) is 2.99. The highest BCUT2D eigenvalue weighted by Gasteiger charge is 2.11. The Hall–Kier alpha value is -1.72. The molecule has 0 amide bonds. The van der Waals surface area contributed by atoms with Crippen LogP contribution in [0.25, 0.3) is 16.9 Å². The molecule has 0 bridgehead atoms. The first-order valence-corrected chi connectivity index (χ1v) is 5.72. The molecule has 4 nitrogen and oxygen atoms in total. The Balaban J connectivity index is 2.24. The maximum atomic E-state index is 13.0. The fourth-order valence-corrected chi connectivity index (χ4v) is 2.11. The van der Waals surface area contributed by atoms with Gasteiger partial charge in [-0.3, -0.25) is 0 Å². The predicted octanol–water partition coefficient (Wildman–Crippen LogP) is 3.24. The smallest absolute Gasteiger partial charge is 0.193 e. The van der Waals surface area contributed by atoms with Crippen LogP contribution in [-0.4, -0.2) is 19.6 Å². The van der Waals surface area contributed by atoms with Crippen LogP contribution in [0.15, 0.2) is 30.7 Å². The van der Waals surface area contributed by atoms with E-state index in [1.54, 1.807) is 12.3 Å². The zero-order chi connectivity index (χ0) is 12.7. The molecule has 0 saturated carbocycles. The zero-order valence-corrected chi connectivity index (χ0v) is 10.3. The molecule has 0 atom stereocenters. The van der Waals surface area contributed by atoms with Gasteiger partial charge in [-0.1, -0.05) is 23.2 Å². The second-order valence-electron chi connectivity index (χ2n) is 3.57. The average molecular weight is 283 g/mol. The molecular formula is C11H5Cl2FN4. The number of nitrogens with zero attached hydrogens (tertiary/aromatic N) is 4. The van der Waals surface area contributed by atoms with E-state index in [4.69, 9.17) is 23.2 Å². The average Bonchev–Trinajstić information content (AvgIpc) is 2.77. The van der Waals surface area contributed by atoms with Crippen molar-refractivity contribution in [2.75, 3.05) is 0 Å². The van der Waals surface area contributed by atoms with E-state index in [2.05, 4.69) is 15.1 Å². The van der Waals surface area contributed by atoms with E-state index in [1.165, 1.54) is 23.0 Å². The van der Waals surface area contributed by atoms with Crippen LogP contribution in [-0.2, 0) is 0 Å². The third kappa shape index (κ3) is 1.81. The Bertz CT molecular complexity index is 741. The summed E-state index contributed by atoms with van der Waals surface area (Å²) in [5.41, 5.74) is 1.54. The molecule has 2 aromatic heterocycles. The van der Waals surface area contributed by atoms with Crippen molar-refractivity contribution >= 4 is 28.8 Å². The van der Waals surface area contributed by atoms with Crippen LogP contribution in [0.5, 0.6) is 0 Å². The lowest BCUT2D eigenvalue weighted by atomic mass is 10.1. The highest BCUT2D eigenvalue weighted by molar-refractivity contribution is 6.33. The minimum absolute atomic E-state index is 0.213. The molecule has 0 radical (unpaired) electrons. The molecule has 0 unspecified atom stereocenters. The second kappa shape index (κ2) is 4.19. The SMILES string of the molecule is Fc1ccc(-c2cn3ncnc3c(Cl)n2)c(Cl)c1. The molecule has 0 fully saturated rings. The summed E-state index contributed by atoms with van der Waals surface area (Å²) in [7, 11) is 0. The van der Waals surface area contributed by atoms with E-state index in [0.29, 0.717) is 16.9 Å². The summed E-state index contributed by atoms with van der Waals surface area (Å²) in [5, 5.41) is 4.45. The molecule has 18 heavy (non-hydrogen) atoms. The lowest BCUT2D eigenvalue weighted by molar-refractivity contribution is 0.628. The summed E-state index contributed by atoms with van der Waals surface area (Å²) in [6, 6.07) is 4.07. The first kappa shape index (κ1) is 11.4. The van der Waals surface area contributed by atoms with Crippen LogP contribution in [0.2, 0.25) is 10.2 Å². The van der Waals surface area contributed by atoms with Gasteiger partial charge in [-0.05, 0) is 18.2 Å². The molecule has 0 aliphatic heterocycles. The van der Waals surface area contributed by atoms with Crippen molar-refractivity contribution < 1.29 is 4.39 Å². The largest absolute Gasteiger partial charge is 0.230 e. The molecular weight excluding hydrogens is 278 g/mol. The van der Waals surface area contributed by atoms with E-state index in [9.17, 15) is 4.39 Å². The monoisotopic (exact) mass is 282 g/mol. The molecule has 0 N–H and O–H groups in total. The summed E-state index contributed by atoms with van der Waals surface area (Å²) < 4.78 is 14.5. The fraction of sp³-hybridized carbons (Fsp3) is 0. The van der Waals surface area contributed by atoms with Gasteiger partial charge in [0.15, 0.2) is 10.8 Å². The van der Waals surface area contributed by atoms with Crippen LogP contribution in [0, 0.1) is 5.82 Å². The van der Waals surface area contributed by atoms with Crippen molar-refractivity contribution in [2.24, 2.45) is 0 Å². The quantitative estimate of drug-likeness (QED) is 0.688. The van der Waals surface area contributed by atoms with Gasteiger partial charge in [0.25, 0.3) is 0 Å². The van der Waals surface area contributed by atoms with Gasteiger partial charge in [0, 0.05) is 5.56 Å². The Labute approximate surface area is 111 Å². The van der Waals surface area contributed by atoms with E-state index < -0.39 is 5.82 Å². The molecule has 90 valence electrons. The number of fused-ring (bicyclic) bond motifs is 1. The van der Waals surface area contributed by atoms with Crippen molar-refractivity contribution in [3.8, 4) is 11.3 Å². The molecule has 0 saturated heterocycles. The molecule has 1 aromatic carbocycles. The number of halogens is 3. The third-order valence-electron chi connectivity index (χ3n) is 2.43. The van der Waals surface area contributed by atoms with Crippen molar-refractivity contribution in [3.63, 3.8) is 0 Å². The van der Waals surface area contributed by atoms with Gasteiger partial charge in [-0.15, -0.1) is 0 Å². The van der Waals surface area contributed by atoms with Gasteiger partial charge in [0.1, 0.15) is 12.1 Å². The highest BCUT2D eigenvalue weighted by atomic mass is 35.5. The highest BCUT2D eigenvalue weighted by Crippen LogP contribution is 2.28. The van der Waals surface area contributed by atoms with Crippen molar-refractivity contribution in [1.29, 1.82) is 0 Å². The van der Waals surface area contributed by atoms with Gasteiger partial charge < -0.3 is 0 Å². The Morgan fingerprint density at radius 3 is 2.83 bits per heavy atom. The Morgan fingerprint density at radius 1 is 1.22 bits per heavy atom. The van der Waals surface area contributed by atoms with Crippen molar-refractivity contribution in [1.82, 2.24) is 19.6 Å². The lowest BCUT2D eigenvalue weighted by Gasteiger charge is -2.05. The topological polar surface area (TPSA) is 43.1 Å². The normalized spacial score (nSPS) is 11.1. The first-order chi connectivity index (χ1) is 8.65. The molecule has 2 heterocycles. The first-order valence-electron chi connectivity index (χ1n) is 4.96. The van der Waals surface area contributed by atoms with Crippen LogP contribution in [0.1, 0.15) is 0 Å². The molecule has 7 heteroatoms. The summed E-state index contributed by atoms with van der Waals surface area (Å²) in [6.45, 7) is 0. The molecule has 0 aliphatic carbocycles. The number of benzene rings is 1. The minimum Gasteiger partial charge on any atom is -0.230 e. The molecule has 3 rings (SSSR count). The predicted molar refractivity (Wildman–Crippen MR) is 66.2 cm³/mol. The van der Waals surface area contributed by atoms with Gasteiger partial charge in [0.05, 0.1) is 16.9 Å². The van der Waals surface area contributed by atoms with Gasteiger partial charge >= 0.3 is 0 Å². The van der Waals surface area contributed by atoms with Crippen molar-refractivity contribution in [3.05, 3.63) is 46.7 Å². The standard InChI is InChI=1S/C11H5Cl2FN4/c12-8-3-6(14)1-2-7(8)9-4-18-11(10(13)17-9)15-5-16-18/h1-5H. The Kier molecular flexibility index (Phi) is 2.65. The number of rotatable bonds is 1. The van der Waals surface area contributed by atoms with Gasteiger partial charge in [-0.2, -0.15) is 5.10 Å². The second-order valence-corrected chi connectivity index (χ2v) is 4.33. The van der Waals surface area contributed by atoms with E-state index in [0.717, 1.165) is 0 Å². The molecule has 0 spiro atoms. The van der Waals surface area contributed by atoms with Gasteiger partial charge in [0.2, 0.25) is 0 Å². The summed E-state index contributed by atoms with van der Waals surface area (Å²) in [5.74, 6) is -0.406. The van der Waals surface area contributed by atoms with Crippen LogP contribution >= 0.6 is 23.2 Å². The zero-order valence-electron chi connectivity index (χ0n) is 8.81. The molecule has 3 aromatic rings. The minimum atomic E-state index is -0.406. The summed E-state index contributed by atoms with van der Waals surface area (Å²) in [6.07, 6.45) is 3.01. The Morgan fingerprint density at radius 2 is 2.06 bits per heavy atom. The number of hydrogen-bond acceptors (Lipinski definition) is 3. The summed E-state index contributed by atoms with van der Waals surface area (Å²) >= 11 is 12.0.